The summed E-state index contributed by atoms with van der Waals surface area (Å²) in [7, 11) is -2.21. The van der Waals surface area contributed by atoms with Gasteiger partial charge in [-0.05, 0) is 30.7 Å². The van der Waals surface area contributed by atoms with E-state index in [2.05, 4.69) is 10.0 Å². The normalized spacial score (nSPS) is 11.6. The van der Waals surface area contributed by atoms with E-state index in [0.717, 1.165) is 12.8 Å². The number of rotatable bonds is 8. The molecule has 0 aromatic heterocycles. The number of hydrogen-bond donors (Lipinski definition) is 2. The molecule has 2 N–H and O–H groups in total. The second-order valence-electron chi connectivity index (χ2n) is 4.56. The first-order valence-corrected chi connectivity index (χ1v) is 8.05. The molecule has 0 heterocycles. The lowest BCUT2D eigenvalue weighted by Crippen LogP contribution is -2.42. The summed E-state index contributed by atoms with van der Waals surface area (Å²) in [5.41, 5.74) is 0.403. The topological polar surface area (TPSA) is 78.5 Å². The van der Waals surface area contributed by atoms with Gasteiger partial charge in [-0.3, -0.25) is 4.79 Å². The van der Waals surface area contributed by atoms with Crippen LogP contribution in [0.2, 0.25) is 0 Å². The summed E-state index contributed by atoms with van der Waals surface area (Å²) < 4.78 is 39.7. The highest BCUT2D eigenvalue weighted by Gasteiger charge is 2.17. The van der Waals surface area contributed by atoms with Crippen molar-refractivity contribution >= 4 is 21.8 Å². The third-order valence-electron chi connectivity index (χ3n) is 2.78. The van der Waals surface area contributed by atoms with Gasteiger partial charge in [0.05, 0.1) is 6.54 Å². The minimum Gasteiger partial charge on any atom is -0.325 e. The number of unbranched alkanes of at least 4 members (excludes halogenated alkanes) is 1. The predicted octanol–water partition coefficient (Wildman–Crippen LogP) is 1.33. The Morgan fingerprint density at radius 2 is 1.90 bits per heavy atom. The molecule has 0 aliphatic carbocycles. The van der Waals surface area contributed by atoms with Crippen LogP contribution in [-0.2, 0) is 15.0 Å². The third kappa shape index (κ3) is 6.19. The van der Waals surface area contributed by atoms with Crippen LogP contribution in [0.15, 0.2) is 24.3 Å². The molecule has 0 unspecified atom stereocenters. The molecule has 0 fully saturated rings. The molecule has 6 nitrogen and oxygen atoms in total. The first-order valence-electron chi connectivity index (χ1n) is 6.61. The summed E-state index contributed by atoms with van der Waals surface area (Å²) in [6.45, 7) is 1.98. The molecule has 0 atom stereocenters. The SMILES string of the molecule is CCCCN(C)S(=O)(=O)NCC(=O)Nc1ccc(F)cc1. The van der Waals surface area contributed by atoms with E-state index in [-0.39, 0.29) is 6.54 Å². The molecule has 0 aliphatic rings. The van der Waals surface area contributed by atoms with Gasteiger partial charge in [-0.25, -0.2) is 4.39 Å². The first kappa shape index (κ1) is 17.5. The average Bonchev–Trinajstić information content (AvgIpc) is 2.45. The van der Waals surface area contributed by atoms with E-state index in [1.165, 1.54) is 35.6 Å². The zero-order chi connectivity index (χ0) is 15.9. The first-order chi connectivity index (χ1) is 9.85. The lowest BCUT2D eigenvalue weighted by molar-refractivity contribution is -0.115. The predicted molar refractivity (Wildman–Crippen MR) is 79.5 cm³/mol. The molecule has 1 amide bonds. The molecular weight excluding hydrogens is 297 g/mol. The van der Waals surface area contributed by atoms with E-state index < -0.39 is 21.9 Å². The Balaban J connectivity index is 2.46. The number of hydrogen-bond acceptors (Lipinski definition) is 3. The highest BCUT2D eigenvalue weighted by molar-refractivity contribution is 7.87. The largest absolute Gasteiger partial charge is 0.325 e. The summed E-state index contributed by atoms with van der Waals surface area (Å²) >= 11 is 0. The van der Waals surface area contributed by atoms with Crippen molar-refractivity contribution in [2.45, 2.75) is 19.8 Å². The number of anilines is 1. The van der Waals surface area contributed by atoms with Crippen molar-refractivity contribution in [3.63, 3.8) is 0 Å². The number of halogens is 1. The molecule has 1 aromatic carbocycles. The molecular formula is C13H20FN3O3S. The van der Waals surface area contributed by atoms with Crippen LogP contribution in [0.5, 0.6) is 0 Å². The molecule has 0 bridgehead atoms. The number of carbonyl (C=O) groups is 1. The van der Waals surface area contributed by atoms with Gasteiger partial charge in [0, 0.05) is 19.3 Å². The Morgan fingerprint density at radius 1 is 1.29 bits per heavy atom. The number of amides is 1. The molecule has 0 saturated heterocycles. The van der Waals surface area contributed by atoms with E-state index in [0.29, 0.717) is 12.2 Å². The van der Waals surface area contributed by atoms with Crippen molar-refractivity contribution in [3.05, 3.63) is 30.1 Å². The minimum atomic E-state index is -3.66. The summed E-state index contributed by atoms with van der Waals surface area (Å²) in [6, 6.07) is 5.21. The lowest BCUT2D eigenvalue weighted by atomic mass is 10.3. The number of nitrogens with zero attached hydrogens (tertiary/aromatic N) is 1. The summed E-state index contributed by atoms with van der Waals surface area (Å²) in [6.07, 6.45) is 1.63. The molecule has 118 valence electrons. The van der Waals surface area contributed by atoms with Crippen LogP contribution < -0.4 is 10.0 Å². The molecule has 21 heavy (non-hydrogen) atoms. The standard InChI is InChI=1S/C13H20FN3O3S/c1-3-4-9-17(2)21(19,20)15-10-13(18)16-12-7-5-11(14)6-8-12/h5-8,15H,3-4,9-10H2,1-2H3,(H,16,18). The van der Waals surface area contributed by atoms with Gasteiger partial charge >= 0.3 is 0 Å². The lowest BCUT2D eigenvalue weighted by Gasteiger charge is -2.17. The Hall–Kier alpha value is -1.51. The van der Waals surface area contributed by atoms with Crippen molar-refractivity contribution < 1.29 is 17.6 Å². The van der Waals surface area contributed by atoms with Gasteiger partial charge in [0.15, 0.2) is 0 Å². The van der Waals surface area contributed by atoms with E-state index in [9.17, 15) is 17.6 Å². The molecule has 0 saturated carbocycles. The van der Waals surface area contributed by atoms with Gasteiger partial charge in [-0.2, -0.15) is 17.4 Å². The van der Waals surface area contributed by atoms with Crippen LogP contribution in [0.4, 0.5) is 10.1 Å². The minimum absolute atomic E-state index is 0.379. The Kier molecular flexibility index (Phi) is 6.73. The van der Waals surface area contributed by atoms with Crippen LogP contribution in [-0.4, -0.2) is 38.8 Å². The quantitative estimate of drug-likeness (QED) is 0.759. The van der Waals surface area contributed by atoms with Crippen LogP contribution in [0.1, 0.15) is 19.8 Å². The molecule has 8 heteroatoms. The van der Waals surface area contributed by atoms with Crippen molar-refractivity contribution in [2.24, 2.45) is 0 Å². The second kappa shape index (κ2) is 8.06. The Morgan fingerprint density at radius 3 is 2.48 bits per heavy atom. The van der Waals surface area contributed by atoms with E-state index >= 15 is 0 Å². The summed E-state index contributed by atoms with van der Waals surface area (Å²) in [4.78, 5) is 11.6. The summed E-state index contributed by atoms with van der Waals surface area (Å²) in [5.74, 6) is -0.930. The monoisotopic (exact) mass is 317 g/mol. The van der Waals surface area contributed by atoms with Gasteiger partial charge in [0.1, 0.15) is 5.82 Å². The van der Waals surface area contributed by atoms with Crippen molar-refractivity contribution in [3.8, 4) is 0 Å². The van der Waals surface area contributed by atoms with Crippen LogP contribution in [0.25, 0.3) is 0 Å². The smallest absolute Gasteiger partial charge is 0.279 e. The van der Waals surface area contributed by atoms with E-state index in [1.807, 2.05) is 6.92 Å². The highest BCUT2D eigenvalue weighted by Crippen LogP contribution is 2.07. The van der Waals surface area contributed by atoms with E-state index in [4.69, 9.17) is 0 Å². The number of nitrogens with one attached hydrogen (secondary N) is 2. The van der Waals surface area contributed by atoms with Gasteiger partial charge < -0.3 is 5.32 Å². The summed E-state index contributed by atoms with van der Waals surface area (Å²) in [5, 5.41) is 2.47. The maximum Gasteiger partial charge on any atom is 0.279 e. The highest BCUT2D eigenvalue weighted by atomic mass is 32.2. The molecule has 1 aromatic rings. The molecule has 0 spiro atoms. The van der Waals surface area contributed by atoms with Gasteiger partial charge in [-0.1, -0.05) is 13.3 Å². The fourth-order valence-corrected chi connectivity index (χ4v) is 2.41. The second-order valence-corrected chi connectivity index (χ2v) is 6.42. The van der Waals surface area contributed by atoms with Gasteiger partial charge in [0.2, 0.25) is 5.91 Å². The van der Waals surface area contributed by atoms with Crippen molar-refractivity contribution in [1.29, 1.82) is 0 Å². The fraction of sp³-hybridized carbons (Fsp3) is 0.462. The van der Waals surface area contributed by atoms with Crippen LogP contribution in [0, 0.1) is 5.82 Å². The number of benzene rings is 1. The van der Waals surface area contributed by atoms with Crippen LogP contribution in [0.3, 0.4) is 0 Å². The third-order valence-corrected chi connectivity index (χ3v) is 4.29. The van der Waals surface area contributed by atoms with Gasteiger partial charge in [0.25, 0.3) is 10.2 Å². The number of carbonyl (C=O) groups excluding carboxylic acids is 1. The Labute approximate surface area is 124 Å². The molecule has 0 radical (unpaired) electrons. The van der Waals surface area contributed by atoms with Crippen LogP contribution >= 0.6 is 0 Å². The molecule has 1 rings (SSSR count). The fourth-order valence-electron chi connectivity index (χ4n) is 1.51. The maximum atomic E-state index is 12.7. The van der Waals surface area contributed by atoms with E-state index in [1.54, 1.807) is 0 Å². The van der Waals surface area contributed by atoms with Gasteiger partial charge in [-0.15, -0.1) is 0 Å². The Bertz CT molecular complexity index is 561. The zero-order valence-electron chi connectivity index (χ0n) is 12.1. The average molecular weight is 317 g/mol. The molecule has 0 aliphatic heterocycles. The maximum absolute atomic E-state index is 12.7. The van der Waals surface area contributed by atoms with Crippen molar-refractivity contribution in [2.75, 3.05) is 25.5 Å². The zero-order valence-corrected chi connectivity index (χ0v) is 12.9. The van der Waals surface area contributed by atoms with Crippen molar-refractivity contribution in [1.82, 2.24) is 9.03 Å².